The molecule has 1 atom stereocenters. The van der Waals surface area contributed by atoms with Crippen molar-refractivity contribution in [3.8, 4) is 11.5 Å². The molecule has 2 aliphatic rings. The summed E-state index contributed by atoms with van der Waals surface area (Å²) in [6.45, 7) is 2.62. The molecule has 0 saturated carbocycles. The Hall–Kier alpha value is -0.740. The zero-order valence-electron chi connectivity index (χ0n) is 9.67. The minimum atomic E-state index is 0.341. The first-order valence-corrected chi connectivity index (χ1v) is 6.91. The zero-order valence-corrected chi connectivity index (χ0v) is 11.3. The summed E-state index contributed by atoms with van der Waals surface area (Å²) in [7, 11) is 0. The quantitative estimate of drug-likeness (QED) is 0.910. The van der Waals surface area contributed by atoms with E-state index >= 15 is 0 Å². The highest BCUT2D eigenvalue weighted by molar-refractivity contribution is 9.10. The van der Waals surface area contributed by atoms with E-state index in [1.165, 1.54) is 18.4 Å². The second-order valence-corrected chi connectivity index (χ2v) is 5.54. The van der Waals surface area contributed by atoms with Crippen molar-refractivity contribution in [3.63, 3.8) is 0 Å². The monoisotopic (exact) mass is 297 g/mol. The highest BCUT2D eigenvalue weighted by Gasteiger charge is 2.23. The predicted octanol–water partition coefficient (Wildman–Crippen LogP) is 2.72. The third kappa shape index (κ3) is 2.29. The van der Waals surface area contributed by atoms with Gasteiger partial charge in [-0.25, -0.2) is 0 Å². The smallest absolute Gasteiger partial charge is 0.231 e. The molecule has 3 nitrogen and oxygen atoms in total. The van der Waals surface area contributed by atoms with E-state index < -0.39 is 0 Å². The van der Waals surface area contributed by atoms with E-state index in [1.807, 2.05) is 0 Å². The van der Waals surface area contributed by atoms with Gasteiger partial charge in [0.05, 0.1) is 4.47 Å². The van der Waals surface area contributed by atoms with Gasteiger partial charge in [0.2, 0.25) is 6.79 Å². The molecule has 1 saturated heterocycles. The minimum absolute atomic E-state index is 0.341. The van der Waals surface area contributed by atoms with Crippen LogP contribution in [0, 0.1) is 5.92 Å². The first-order valence-electron chi connectivity index (χ1n) is 6.12. The van der Waals surface area contributed by atoms with Crippen LogP contribution in [0.5, 0.6) is 11.5 Å². The first-order chi connectivity index (χ1) is 8.34. The lowest BCUT2D eigenvalue weighted by Crippen LogP contribution is -2.30. The summed E-state index contributed by atoms with van der Waals surface area (Å²) in [6.07, 6.45) is 3.66. The average Bonchev–Trinajstić information content (AvgIpc) is 2.84. The molecule has 1 aromatic rings. The van der Waals surface area contributed by atoms with E-state index in [0.717, 1.165) is 41.4 Å². The van der Waals surface area contributed by atoms with Gasteiger partial charge in [-0.2, -0.15) is 0 Å². The Morgan fingerprint density at radius 3 is 3.00 bits per heavy atom. The van der Waals surface area contributed by atoms with Crippen molar-refractivity contribution in [1.29, 1.82) is 0 Å². The highest BCUT2D eigenvalue weighted by atomic mass is 79.9. The van der Waals surface area contributed by atoms with E-state index in [0.29, 0.717) is 6.79 Å². The van der Waals surface area contributed by atoms with Gasteiger partial charge in [-0.15, -0.1) is 0 Å². The number of hydrogen-bond acceptors (Lipinski definition) is 3. The molecule has 4 heteroatoms. The number of fused-ring (bicyclic) bond motifs is 1. The number of benzene rings is 1. The van der Waals surface area contributed by atoms with Crippen LogP contribution in [0.2, 0.25) is 0 Å². The van der Waals surface area contributed by atoms with Crippen LogP contribution in [0.1, 0.15) is 18.4 Å². The van der Waals surface area contributed by atoms with Crippen LogP contribution in [0.15, 0.2) is 16.6 Å². The maximum Gasteiger partial charge on any atom is 0.231 e. The van der Waals surface area contributed by atoms with Crippen LogP contribution in [0.25, 0.3) is 0 Å². The van der Waals surface area contributed by atoms with Gasteiger partial charge in [-0.1, -0.05) is 6.07 Å². The fourth-order valence-corrected chi connectivity index (χ4v) is 3.02. The van der Waals surface area contributed by atoms with Crippen LogP contribution < -0.4 is 14.8 Å². The Bertz CT molecular complexity index is 416. The lowest BCUT2D eigenvalue weighted by atomic mass is 9.92. The Balaban J connectivity index is 1.81. The molecule has 0 spiro atoms. The predicted molar refractivity (Wildman–Crippen MR) is 69.6 cm³/mol. The summed E-state index contributed by atoms with van der Waals surface area (Å²) >= 11 is 3.49. The molecule has 0 radical (unpaired) electrons. The fraction of sp³-hybridized carbons (Fsp3) is 0.538. The van der Waals surface area contributed by atoms with Crippen LogP contribution in [0.4, 0.5) is 0 Å². The summed E-state index contributed by atoms with van der Waals surface area (Å²) in [6, 6.07) is 4.20. The summed E-state index contributed by atoms with van der Waals surface area (Å²) < 4.78 is 12.0. The van der Waals surface area contributed by atoms with Crippen LogP contribution in [0.3, 0.4) is 0 Å². The van der Waals surface area contributed by atoms with Crippen molar-refractivity contribution in [3.05, 3.63) is 22.2 Å². The third-order valence-electron chi connectivity index (χ3n) is 3.46. The maximum absolute atomic E-state index is 5.58. The molecule has 2 heterocycles. The standard InChI is InChI=1S/C13H16BrNO2/c14-11-4-3-10(12-13(11)17-8-16-12)6-9-2-1-5-15-7-9/h3-4,9,15H,1-2,5-8H2. The number of hydrogen-bond donors (Lipinski definition) is 1. The van der Waals surface area contributed by atoms with Crippen LogP contribution >= 0.6 is 15.9 Å². The Labute approximate surface area is 110 Å². The van der Waals surface area contributed by atoms with Crippen LogP contribution in [-0.2, 0) is 6.42 Å². The van der Waals surface area contributed by atoms with Gasteiger partial charge in [-0.3, -0.25) is 0 Å². The molecule has 1 fully saturated rings. The average molecular weight is 298 g/mol. The Morgan fingerprint density at radius 1 is 1.29 bits per heavy atom. The maximum atomic E-state index is 5.58. The molecule has 1 aromatic carbocycles. The van der Waals surface area contributed by atoms with Crippen molar-refractivity contribution in [1.82, 2.24) is 5.32 Å². The first kappa shape index (κ1) is 11.4. The summed E-state index contributed by atoms with van der Waals surface area (Å²) in [4.78, 5) is 0. The number of rotatable bonds is 2. The van der Waals surface area contributed by atoms with E-state index in [4.69, 9.17) is 9.47 Å². The summed E-state index contributed by atoms with van der Waals surface area (Å²) in [5.41, 5.74) is 1.27. The lowest BCUT2D eigenvalue weighted by Gasteiger charge is -2.23. The third-order valence-corrected chi connectivity index (χ3v) is 4.08. The largest absolute Gasteiger partial charge is 0.453 e. The molecular formula is C13H16BrNO2. The van der Waals surface area contributed by atoms with Gasteiger partial charge >= 0.3 is 0 Å². The molecule has 0 bridgehead atoms. The van der Waals surface area contributed by atoms with Gasteiger partial charge in [0.25, 0.3) is 0 Å². The molecule has 0 aromatic heterocycles. The van der Waals surface area contributed by atoms with E-state index in [2.05, 4.69) is 33.4 Å². The SMILES string of the molecule is Brc1ccc(CC2CCCNC2)c2c1OCO2. The number of nitrogens with one attached hydrogen (secondary N) is 1. The lowest BCUT2D eigenvalue weighted by molar-refractivity contribution is 0.172. The summed E-state index contributed by atoms with van der Waals surface area (Å²) in [5, 5.41) is 3.45. The number of halogens is 1. The van der Waals surface area contributed by atoms with Crippen molar-refractivity contribution < 1.29 is 9.47 Å². The van der Waals surface area contributed by atoms with Crippen LogP contribution in [-0.4, -0.2) is 19.9 Å². The molecule has 0 amide bonds. The minimum Gasteiger partial charge on any atom is -0.453 e. The molecule has 3 rings (SSSR count). The molecule has 0 aliphatic carbocycles. The summed E-state index contributed by atoms with van der Waals surface area (Å²) in [5.74, 6) is 2.52. The van der Waals surface area contributed by atoms with Gasteiger partial charge in [-0.05, 0) is 65.8 Å². The second kappa shape index (κ2) is 4.86. The topological polar surface area (TPSA) is 30.5 Å². The van der Waals surface area contributed by atoms with Gasteiger partial charge in [0.1, 0.15) is 0 Å². The Kier molecular flexibility index (Phi) is 3.25. The van der Waals surface area contributed by atoms with Gasteiger partial charge in [0.15, 0.2) is 11.5 Å². The van der Waals surface area contributed by atoms with E-state index in [-0.39, 0.29) is 0 Å². The van der Waals surface area contributed by atoms with Crippen molar-refractivity contribution in [2.75, 3.05) is 19.9 Å². The molecule has 1 N–H and O–H groups in total. The molecule has 2 aliphatic heterocycles. The second-order valence-electron chi connectivity index (χ2n) is 4.69. The molecule has 92 valence electrons. The fourth-order valence-electron chi connectivity index (χ4n) is 2.59. The van der Waals surface area contributed by atoms with Crippen molar-refractivity contribution >= 4 is 15.9 Å². The van der Waals surface area contributed by atoms with Gasteiger partial charge in [0, 0.05) is 0 Å². The molecular weight excluding hydrogens is 282 g/mol. The normalized spacial score (nSPS) is 22.8. The van der Waals surface area contributed by atoms with E-state index in [9.17, 15) is 0 Å². The highest BCUT2D eigenvalue weighted by Crippen LogP contribution is 2.42. The molecule has 17 heavy (non-hydrogen) atoms. The number of piperidine rings is 1. The van der Waals surface area contributed by atoms with Gasteiger partial charge < -0.3 is 14.8 Å². The molecule has 1 unspecified atom stereocenters. The number of ether oxygens (including phenoxy) is 2. The Morgan fingerprint density at radius 2 is 2.18 bits per heavy atom. The zero-order chi connectivity index (χ0) is 11.7. The van der Waals surface area contributed by atoms with Crippen molar-refractivity contribution in [2.45, 2.75) is 19.3 Å². The van der Waals surface area contributed by atoms with Crippen molar-refractivity contribution in [2.24, 2.45) is 5.92 Å². The van der Waals surface area contributed by atoms with E-state index in [1.54, 1.807) is 0 Å².